The molecule has 0 radical (unpaired) electrons. The van der Waals surface area contributed by atoms with Gasteiger partial charge in [0, 0.05) is 0 Å². The SMILES string of the molecule is CC(C)[C@H](O)c1cccc(-c2cccc([C@@H](O)C(C)C)n2)n1. The van der Waals surface area contributed by atoms with E-state index in [-0.39, 0.29) is 11.8 Å². The minimum absolute atomic E-state index is 0.102. The molecule has 2 N–H and O–H groups in total. The van der Waals surface area contributed by atoms with Crippen molar-refractivity contribution in [2.75, 3.05) is 0 Å². The molecule has 0 saturated heterocycles. The summed E-state index contributed by atoms with van der Waals surface area (Å²) >= 11 is 0. The van der Waals surface area contributed by atoms with Crippen LogP contribution in [0.3, 0.4) is 0 Å². The topological polar surface area (TPSA) is 66.2 Å². The number of aromatic nitrogens is 2. The van der Waals surface area contributed by atoms with Gasteiger partial charge >= 0.3 is 0 Å². The molecular weight excluding hydrogens is 276 g/mol. The molecule has 2 rings (SSSR count). The first-order valence-electron chi connectivity index (χ1n) is 7.70. The molecule has 2 heterocycles. The van der Waals surface area contributed by atoms with Crippen molar-refractivity contribution in [3.8, 4) is 11.4 Å². The van der Waals surface area contributed by atoms with Crippen LogP contribution in [-0.2, 0) is 0 Å². The van der Waals surface area contributed by atoms with Crippen molar-refractivity contribution in [2.24, 2.45) is 11.8 Å². The van der Waals surface area contributed by atoms with Crippen LogP contribution in [0.15, 0.2) is 36.4 Å². The third kappa shape index (κ3) is 3.70. The maximum absolute atomic E-state index is 10.2. The van der Waals surface area contributed by atoms with Crippen LogP contribution in [0.4, 0.5) is 0 Å². The highest BCUT2D eigenvalue weighted by atomic mass is 16.3. The van der Waals surface area contributed by atoms with Crippen molar-refractivity contribution in [1.29, 1.82) is 0 Å². The number of pyridine rings is 2. The van der Waals surface area contributed by atoms with Gasteiger partial charge in [-0.15, -0.1) is 0 Å². The fraction of sp³-hybridized carbons (Fsp3) is 0.444. The Morgan fingerprint density at radius 2 is 1.05 bits per heavy atom. The summed E-state index contributed by atoms with van der Waals surface area (Å²) in [4.78, 5) is 9.03. The van der Waals surface area contributed by atoms with E-state index in [9.17, 15) is 10.2 Å². The van der Waals surface area contributed by atoms with E-state index in [0.29, 0.717) is 22.8 Å². The zero-order valence-corrected chi connectivity index (χ0v) is 13.6. The van der Waals surface area contributed by atoms with Gasteiger partial charge in [0.05, 0.1) is 35.0 Å². The number of nitrogens with zero attached hydrogens (tertiary/aromatic N) is 2. The minimum Gasteiger partial charge on any atom is -0.387 e. The van der Waals surface area contributed by atoms with Crippen LogP contribution < -0.4 is 0 Å². The van der Waals surface area contributed by atoms with E-state index in [4.69, 9.17) is 0 Å². The first-order valence-corrected chi connectivity index (χ1v) is 7.70. The van der Waals surface area contributed by atoms with Crippen LogP contribution in [0.2, 0.25) is 0 Å². The minimum atomic E-state index is -0.593. The first kappa shape index (κ1) is 16.6. The van der Waals surface area contributed by atoms with E-state index in [2.05, 4.69) is 9.97 Å². The molecule has 0 aliphatic rings. The van der Waals surface area contributed by atoms with Crippen LogP contribution >= 0.6 is 0 Å². The van der Waals surface area contributed by atoms with Gasteiger partial charge in [0.25, 0.3) is 0 Å². The molecule has 0 saturated carbocycles. The van der Waals surface area contributed by atoms with E-state index in [1.807, 2.05) is 64.1 Å². The Hall–Kier alpha value is -1.78. The Labute approximate surface area is 131 Å². The lowest BCUT2D eigenvalue weighted by Crippen LogP contribution is -2.09. The number of aliphatic hydroxyl groups is 2. The molecule has 0 fully saturated rings. The summed E-state index contributed by atoms with van der Waals surface area (Å²) in [5.74, 6) is 0.203. The average molecular weight is 300 g/mol. The summed E-state index contributed by atoms with van der Waals surface area (Å²) in [5, 5.41) is 20.3. The van der Waals surface area contributed by atoms with Crippen molar-refractivity contribution in [2.45, 2.75) is 39.9 Å². The van der Waals surface area contributed by atoms with Crippen LogP contribution in [0.5, 0.6) is 0 Å². The summed E-state index contributed by atoms with van der Waals surface area (Å²) in [6.07, 6.45) is -1.19. The van der Waals surface area contributed by atoms with Crippen molar-refractivity contribution in [3.05, 3.63) is 47.8 Å². The summed E-state index contributed by atoms with van der Waals surface area (Å²) in [6.45, 7) is 7.82. The summed E-state index contributed by atoms with van der Waals surface area (Å²) in [5.41, 5.74) is 2.69. The molecule has 22 heavy (non-hydrogen) atoms. The Balaban J connectivity index is 2.36. The van der Waals surface area contributed by atoms with E-state index < -0.39 is 12.2 Å². The zero-order chi connectivity index (χ0) is 16.3. The molecule has 2 aromatic heterocycles. The van der Waals surface area contributed by atoms with E-state index in [0.717, 1.165) is 0 Å². The fourth-order valence-corrected chi connectivity index (χ4v) is 2.20. The molecule has 2 aromatic rings. The Bertz CT molecular complexity index is 570. The first-order chi connectivity index (χ1) is 10.4. The second kappa shape index (κ2) is 6.99. The van der Waals surface area contributed by atoms with Gasteiger partial charge in [0.2, 0.25) is 0 Å². The smallest absolute Gasteiger partial charge is 0.0982 e. The maximum Gasteiger partial charge on any atom is 0.0982 e. The van der Waals surface area contributed by atoms with Gasteiger partial charge in [-0.05, 0) is 36.1 Å². The number of rotatable bonds is 5. The van der Waals surface area contributed by atoms with Gasteiger partial charge in [-0.25, -0.2) is 9.97 Å². The zero-order valence-electron chi connectivity index (χ0n) is 13.6. The lowest BCUT2D eigenvalue weighted by Gasteiger charge is -2.16. The monoisotopic (exact) mass is 300 g/mol. The quantitative estimate of drug-likeness (QED) is 0.886. The van der Waals surface area contributed by atoms with Crippen molar-refractivity contribution >= 4 is 0 Å². The third-order valence-electron chi connectivity index (χ3n) is 3.67. The lowest BCUT2D eigenvalue weighted by atomic mass is 10.0. The van der Waals surface area contributed by atoms with Crippen LogP contribution in [0, 0.1) is 11.8 Å². The average Bonchev–Trinajstić information content (AvgIpc) is 2.53. The van der Waals surface area contributed by atoms with Gasteiger partial charge in [0.15, 0.2) is 0 Å². The molecule has 0 aromatic carbocycles. The Morgan fingerprint density at radius 3 is 1.36 bits per heavy atom. The second-order valence-electron chi connectivity index (χ2n) is 6.27. The molecule has 0 amide bonds. The fourth-order valence-electron chi connectivity index (χ4n) is 2.20. The van der Waals surface area contributed by atoms with Crippen LogP contribution in [0.1, 0.15) is 51.3 Å². The molecule has 0 aliphatic carbocycles. The standard InChI is InChI=1S/C18H24N2O2/c1-11(2)17(21)15-9-5-7-13(19-15)14-8-6-10-16(20-14)18(22)12(3)4/h5-12,17-18,21-22H,1-4H3/t17-,18-/m0/s1. The van der Waals surface area contributed by atoms with Crippen molar-refractivity contribution in [3.63, 3.8) is 0 Å². The van der Waals surface area contributed by atoms with Crippen molar-refractivity contribution in [1.82, 2.24) is 9.97 Å². The molecule has 4 nitrogen and oxygen atoms in total. The summed E-state index contributed by atoms with van der Waals surface area (Å²) < 4.78 is 0. The molecule has 0 unspecified atom stereocenters. The van der Waals surface area contributed by atoms with Gasteiger partial charge in [0.1, 0.15) is 0 Å². The number of hydrogen-bond acceptors (Lipinski definition) is 4. The lowest BCUT2D eigenvalue weighted by molar-refractivity contribution is 0.122. The van der Waals surface area contributed by atoms with E-state index >= 15 is 0 Å². The van der Waals surface area contributed by atoms with Crippen molar-refractivity contribution < 1.29 is 10.2 Å². The largest absolute Gasteiger partial charge is 0.387 e. The summed E-state index contributed by atoms with van der Waals surface area (Å²) in [6, 6.07) is 11.1. The maximum atomic E-state index is 10.2. The van der Waals surface area contributed by atoms with Crippen LogP contribution in [-0.4, -0.2) is 20.2 Å². The van der Waals surface area contributed by atoms with Crippen LogP contribution in [0.25, 0.3) is 11.4 Å². The van der Waals surface area contributed by atoms with E-state index in [1.165, 1.54) is 0 Å². The summed E-state index contributed by atoms with van der Waals surface area (Å²) in [7, 11) is 0. The highest BCUT2D eigenvalue weighted by Crippen LogP contribution is 2.25. The van der Waals surface area contributed by atoms with Gasteiger partial charge in [-0.2, -0.15) is 0 Å². The van der Waals surface area contributed by atoms with Gasteiger partial charge in [-0.1, -0.05) is 39.8 Å². The highest BCUT2D eigenvalue weighted by Gasteiger charge is 2.16. The Kier molecular flexibility index (Phi) is 5.27. The molecule has 4 heteroatoms. The third-order valence-corrected chi connectivity index (χ3v) is 3.67. The van der Waals surface area contributed by atoms with Gasteiger partial charge in [-0.3, -0.25) is 0 Å². The predicted octanol–water partition coefficient (Wildman–Crippen LogP) is 3.52. The molecule has 2 atom stereocenters. The van der Waals surface area contributed by atoms with Gasteiger partial charge < -0.3 is 10.2 Å². The molecule has 0 aliphatic heterocycles. The molecule has 0 spiro atoms. The normalized spacial score (nSPS) is 14.4. The number of aliphatic hydroxyl groups excluding tert-OH is 2. The number of hydrogen-bond donors (Lipinski definition) is 2. The Morgan fingerprint density at radius 1 is 0.682 bits per heavy atom. The highest BCUT2D eigenvalue weighted by molar-refractivity contribution is 5.54. The molecular formula is C18H24N2O2. The predicted molar refractivity (Wildman–Crippen MR) is 87.1 cm³/mol. The molecule has 118 valence electrons. The molecule has 0 bridgehead atoms. The van der Waals surface area contributed by atoms with E-state index in [1.54, 1.807) is 0 Å². The second-order valence-corrected chi connectivity index (χ2v) is 6.27.